The largest absolute Gasteiger partial charge is 0.489 e. The van der Waals surface area contributed by atoms with E-state index in [1.54, 1.807) is 24.7 Å². The van der Waals surface area contributed by atoms with Gasteiger partial charge < -0.3 is 14.6 Å². The molecule has 1 amide bonds. The Morgan fingerprint density at radius 2 is 1.75 bits per heavy atom. The van der Waals surface area contributed by atoms with E-state index in [0.717, 1.165) is 29.0 Å². The minimum Gasteiger partial charge on any atom is -0.489 e. The lowest BCUT2D eigenvalue weighted by Gasteiger charge is -2.07. The van der Waals surface area contributed by atoms with Gasteiger partial charge >= 0.3 is 0 Å². The van der Waals surface area contributed by atoms with E-state index in [-0.39, 0.29) is 5.91 Å². The van der Waals surface area contributed by atoms with Gasteiger partial charge in [0.2, 0.25) is 5.91 Å². The van der Waals surface area contributed by atoms with Crippen LogP contribution < -0.4 is 10.1 Å². The first-order valence-electron chi connectivity index (χ1n) is 10.5. The van der Waals surface area contributed by atoms with E-state index >= 15 is 0 Å². The summed E-state index contributed by atoms with van der Waals surface area (Å²) in [7, 11) is 0. The third kappa shape index (κ3) is 6.44. The highest BCUT2D eigenvalue weighted by molar-refractivity contribution is 5.91. The predicted molar refractivity (Wildman–Crippen MR) is 126 cm³/mol. The number of nitrogens with zero attached hydrogens (tertiary/aromatic N) is 2. The first-order chi connectivity index (χ1) is 15.7. The van der Waals surface area contributed by atoms with Gasteiger partial charge in [-0.15, -0.1) is 0 Å². The monoisotopic (exact) mass is 423 g/mol. The smallest absolute Gasteiger partial charge is 0.244 e. The highest BCUT2D eigenvalue weighted by Gasteiger charge is 2.00. The third-order valence-corrected chi connectivity index (χ3v) is 4.95. The van der Waals surface area contributed by atoms with Crippen LogP contribution in [0, 0.1) is 0 Å². The Bertz CT molecular complexity index is 1150. The van der Waals surface area contributed by atoms with Crippen molar-refractivity contribution >= 4 is 12.0 Å². The molecule has 0 unspecified atom stereocenters. The van der Waals surface area contributed by atoms with Gasteiger partial charge in [-0.3, -0.25) is 4.79 Å². The molecule has 0 aliphatic rings. The molecule has 0 fully saturated rings. The van der Waals surface area contributed by atoms with E-state index < -0.39 is 0 Å². The molecular formula is C27H25N3O2. The van der Waals surface area contributed by atoms with E-state index in [2.05, 4.69) is 22.4 Å². The fourth-order valence-corrected chi connectivity index (χ4v) is 3.22. The normalized spacial score (nSPS) is 10.9. The lowest BCUT2D eigenvalue weighted by molar-refractivity contribution is -0.116. The maximum atomic E-state index is 12.2. The summed E-state index contributed by atoms with van der Waals surface area (Å²) in [4.78, 5) is 16.3. The fourth-order valence-electron chi connectivity index (χ4n) is 3.22. The summed E-state index contributed by atoms with van der Waals surface area (Å²) in [6, 6.07) is 25.9. The molecule has 0 aliphatic heterocycles. The topological polar surface area (TPSA) is 56.1 Å². The van der Waals surface area contributed by atoms with Gasteiger partial charge in [0.1, 0.15) is 12.4 Å². The predicted octanol–water partition coefficient (Wildman–Crippen LogP) is 4.84. The number of hydrogen-bond acceptors (Lipinski definition) is 3. The van der Waals surface area contributed by atoms with E-state index in [1.807, 2.05) is 77.5 Å². The molecule has 3 aromatic carbocycles. The molecule has 5 heteroatoms. The Kier molecular flexibility index (Phi) is 7.11. The Balaban J connectivity index is 1.25. The molecule has 1 heterocycles. The Labute approximate surface area is 188 Å². The Morgan fingerprint density at radius 1 is 0.938 bits per heavy atom. The summed E-state index contributed by atoms with van der Waals surface area (Å²) < 4.78 is 7.87. The summed E-state index contributed by atoms with van der Waals surface area (Å²) in [5, 5.41) is 2.92. The summed E-state index contributed by atoms with van der Waals surface area (Å²) in [6.07, 6.45) is 8.84. The zero-order chi connectivity index (χ0) is 22.0. The van der Waals surface area contributed by atoms with Crippen LogP contribution in [0.25, 0.3) is 6.08 Å². The van der Waals surface area contributed by atoms with Crippen LogP contribution in [-0.2, 0) is 24.5 Å². The number of hydrogen-bond donors (Lipinski definition) is 1. The second-order valence-corrected chi connectivity index (χ2v) is 7.45. The van der Waals surface area contributed by atoms with E-state index in [4.69, 9.17) is 4.74 Å². The van der Waals surface area contributed by atoms with Crippen molar-refractivity contribution in [2.45, 2.75) is 19.7 Å². The van der Waals surface area contributed by atoms with Crippen molar-refractivity contribution in [3.05, 3.63) is 126 Å². The molecule has 5 nitrogen and oxygen atoms in total. The van der Waals surface area contributed by atoms with Gasteiger partial charge in [0.05, 0.1) is 6.33 Å². The number of imidazole rings is 1. The quantitative estimate of drug-likeness (QED) is 0.392. The molecule has 1 N–H and O–H groups in total. The number of nitrogens with one attached hydrogen (secondary N) is 1. The lowest BCUT2D eigenvalue weighted by Crippen LogP contribution is -2.20. The van der Waals surface area contributed by atoms with Crippen molar-refractivity contribution in [1.82, 2.24) is 14.9 Å². The third-order valence-electron chi connectivity index (χ3n) is 4.95. The highest BCUT2D eigenvalue weighted by atomic mass is 16.5. The van der Waals surface area contributed by atoms with Crippen LogP contribution in [0.2, 0.25) is 0 Å². The second-order valence-electron chi connectivity index (χ2n) is 7.45. The molecule has 0 spiro atoms. The molecule has 1 aromatic heterocycles. The number of rotatable bonds is 9. The van der Waals surface area contributed by atoms with Crippen LogP contribution >= 0.6 is 0 Å². The van der Waals surface area contributed by atoms with Crippen LogP contribution in [0.4, 0.5) is 0 Å². The minimum atomic E-state index is -0.136. The molecular weight excluding hydrogens is 398 g/mol. The number of aromatic nitrogens is 2. The molecule has 4 rings (SSSR count). The van der Waals surface area contributed by atoms with E-state index in [1.165, 1.54) is 5.56 Å². The Morgan fingerprint density at radius 3 is 2.53 bits per heavy atom. The summed E-state index contributed by atoms with van der Waals surface area (Å²) in [6.45, 7) is 1.77. The van der Waals surface area contributed by atoms with E-state index in [9.17, 15) is 4.79 Å². The standard InChI is InChI=1S/C27H25N3O2/c31-27(29-18-23-9-11-24(12-10-23)19-30-16-15-28-21-30)14-13-22-7-4-8-26(17-22)32-20-25-5-2-1-3-6-25/h1-17,21H,18-20H2,(H,29,31)/b14-13+. The van der Waals surface area contributed by atoms with Crippen LogP contribution in [0.3, 0.4) is 0 Å². The van der Waals surface area contributed by atoms with Crippen molar-refractivity contribution in [3.8, 4) is 5.75 Å². The molecule has 0 radical (unpaired) electrons. The first-order valence-corrected chi connectivity index (χ1v) is 10.5. The van der Waals surface area contributed by atoms with Crippen LogP contribution in [0.1, 0.15) is 22.3 Å². The van der Waals surface area contributed by atoms with Gasteiger partial charge in [-0.2, -0.15) is 0 Å². The number of ether oxygens (including phenoxy) is 1. The average Bonchev–Trinajstić information content (AvgIpc) is 3.35. The zero-order valence-electron chi connectivity index (χ0n) is 17.7. The van der Waals surface area contributed by atoms with Crippen LogP contribution in [0.15, 0.2) is 104 Å². The van der Waals surface area contributed by atoms with Crippen molar-refractivity contribution < 1.29 is 9.53 Å². The summed E-state index contributed by atoms with van der Waals surface area (Å²) >= 11 is 0. The van der Waals surface area contributed by atoms with Crippen molar-refractivity contribution in [3.63, 3.8) is 0 Å². The SMILES string of the molecule is O=C(/C=C/c1cccc(OCc2ccccc2)c1)NCc1ccc(Cn2ccnc2)cc1. The number of carbonyl (C=O) groups is 1. The number of carbonyl (C=O) groups excluding carboxylic acids is 1. The van der Waals surface area contributed by atoms with Gasteiger partial charge in [0, 0.05) is 31.6 Å². The Hall–Kier alpha value is -4.12. The molecule has 32 heavy (non-hydrogen) atoms. The molecule has 4 aromatic rings. The summed E-state index contributed by atoms with van der Waals surface area (Å²) in [5.41, 5.74) is 4.27. The van der Waals surface area contributed by atoms with Crippen LogP contribution in [-0.4, -0.2) is 15.5 Å². The molecule has 0 bridgehead atoms. The molecule has 0 saturated heterocycles. The number of benzene rings is 3. The minimum absolute atomic E-state index is 0.136. The fraction of sp³-hybridized carbons (Fsp3) is 0.111. The average molecular weight is 424 g/mol. The van der Waals surface area contributed by atoms with Crippen LogP contribution in [0.5, 0.6) is 5.75 Å². The van der Waals surface area contributed by atoms with Gasteiger partial charge in [-0.05, 0) is 40.5 Å². The maximum Gasteiger partial charge on any atom is 0.244 e. The highest BCUT2D eigenvalue weighted by Crippen LogP contribution is 2.16. The molecule has 160 valence electrons. The van der Waals surface area contributed by atoms with Crippen molar-refractivity contribution in [2.24, 2.45) is 0 Å². The van der Waals surface area contributed by atoms with Crippen molar-refractivity contribution in [2.75, 3.05) is 0 Å². The lowest BCUT2D eigenvalue weighted by atomic mass is 10.1. The van der Waals surface area contributed by atoms with Gasteiger partial charge in [-0.25, -0.2) is 4.98 Å². The van der Waals surface area contributed by atoms with Gasteiger partial charge in [-0.1, -0.05) is 66.7 Å². The number of amides is 1. The molecule has 0 aliphatic carbocycles. The van der Waals surface area contributed by atoms with E-state index in [0.29, 0.717) is 13.2 Å². The van der Waals surface area contributed by atoms with Crippen molar-refractivity contribution in [1.29, 1.82) is 0 Å². The second kappa shape index (κ2) is 10.8. The van der Waals surface area contributed by atoms with Gasteiger partial charge in [0.15, 0.2) is 0 Å². The zero-order valence-corrected chi connectivity index (χ0v) is 17.7. The summed E-state index contributed by atoms with van der Waals surface area (Å²) in [5.74, 6) is 0.635. The maximum absolute atomic E-state index is 12.2. The first kappa shape index (κ1) is 21.1. The van der Waals surface area contributed by atoms with Gasteiger partial charge in [0.25, 0.3) is 0 Å². The molecule has 0 saturated carbocycles. The molecule has 0 atom stereocenters.